The summed E-state index contributed by atoms with van der Waals surface area (Å²) in [7, 11) is 0. The first kappa shape index (κ1) is 18.5. The highest BCUT2D eigenvalue weighted by molar-refractivity contribution is 6.30. The van der Waals surface area contributed by atoms with E-state index in [0.717, 1.165) is 5.56 Å². The van der Waals surface area contributed by atoms with Crippen molar-refractivity contribution in [3.8, 4) is 23.0 Å². The summed E-state index contributed by atoms with van der Waals surface area (Å²) in [5, 5.41) is 11.5. The summed E-state index contributed by atoms with van der Waals surface area (Å²) in [5.41, 5.74) is 1.67. The molecule has 0 bridgehead atoms. The molecule has 3 aromatic carbocycles. The van der Waals surface area contributed by atoms with Crippen LogP contribution in [0.5, 0.6) is 23.0 Å². The van der Waals surface area contributed by atoms with Crippen LogP contribution >= 0.6 is 11.6 Å². The largest absolute Gasteiger partial charge is 0.507 e. The maximum absolute atomic E-state index is 13.0. The van der Waals surface area contributed by atoms with Crippen LogP contribution in [0.25, 0.3) is 0 Å². The number of esters is 1. The maximum Gasteiger partial charge on any atom is 0.312 e. The van der Waals surface area contributed by atoms with Crippen molar-refractivity contribution in [2.75, 3.05) is 6.79 Å². The first-order valence-corrected chi connectivity index (χ1v) is 9.65. The van der Waals surface area contributed by atoms with E-state index in [1.807, 2.05) is 6.07 Å². The predicted molar refractivity (Wildman–Crippen MR) is 108 cm³/mol. The highest BCUT2D eigenvalue weighted by atomic mass is 35.5. The minimum atomic E-state index is -0.492. The van der Waals surface area contributed by atoms with Gasteiger partial charge in [-0.2, -0.15) is 0 Å². The van der Waals surface area contributed by atoms with Gasteiger partial charge in [-0.1, -0.05) is 17.7 Å². The second-order valence-corrected chi connectivity index (χ2v) is 7.49. The molecule has 7 heteroatoms. The molecule has 0 unspecified atom stereocenters. The quantitative estimate of drug-likeness (QED) is 0.381. The van der Waals surface area contributed by atoms with Crippen LogP contribution in [0.4, 0.5) is 0 Å². The average molecular weight is 423 g/mol. The number of benzene rings is 3. The number of carbonyl (C=O) groups excluding carboxylic acids is 2. The molecule has 0 aromatic heterocycles. The van der Waals surface area contributed by atoms with E-state index in [-0.39, 0.29) is 36.1 Å². The number of aromatic hydroxyl groups is 1. The van der Waals surface area contributed by atoms with Crippen molar-refractivity contribution in [1.82, 2.24) is 0 Å². The fourth-order valence-corrected chi connectivity index (χ4v) is 3.93. The molecule has 0 saturated carbocycles. The minimum absolute atomic E-state index is 0.0266. The van der Waals surface area contributed by atoms with Crippen molar-refractivity contribution < 1.29 is 28.9 Å². The SMILES string of the molecule is O=C1C[C@@H](c2ccc3c(c2)OCO3)c2c(ccc(C(=O)c3ccc(Cl)cc3)c2O)O1. The van der Waals surface area contributed by atoms with Gasteiger partial charge < -0.3 is 19.3 Å². The standard InChI is InChI=1S/C23H15ClO6/c24-14-4-1-12(2-5-14)22(26)15-6-8-18-21(23(15)27)16(10-20(25)30-18)13-3-7-17-19(9-13)29-11-28-17/h1-9,16,27H,10-11H2/t16-/m0/s1. The molecule has 0 aliphatic carbocycles. The number of fused-ring (bicyclic) bond motifs is 2. The Balaban J connectivity index is 1.61. The molecular weight excluding hydrogens is 408 g/mol. The van der Waals surface area contributed by atoms with Gasteiger partial charge in [0.15, 0.2) is 17.3 Å². The van der Waals surface area contributed by atoms with E-state index in [2.05, 4.69) is 0 Å². The Morgan fingerprint density at radius 2 is 1.70 bits per heavy atom. The zero-order valence-electron chi connectivity index (χ0n) is 15.6. The number of hydrogen-bond acceptors (Lipinski definition) is 6. The number of ether oxygens (including phenoxy) is 3. The molecule has 6 nitrogen and oxygen atoms in total. The van der Waals surface area contributed by atoms with E-state index < -0.39 is 11.9 Å². The summed E-state index contributed by atoms with van der Waals surface area (Å²) in [6, 6.07) is 14.8. The lowest BCUT2D eigenvalue weighted by atomic mass is 9.84. The third kappa shape index (κ3) is 3.06. The molecule has 0 saturated heterocycles. The van der Waals surface area contributed by atoms with Crippen LogP contribution < -0.4 is 14.2 Å². The Hall–Kier alpha value is -3.51. The molecule has 0 radical (unpaired) electrons. The van der Waals surface area contributed by atoms with Crippen LogP contribution in [0.2, 0.25) is 5.02 Å². The molecule has 0 spiro atoms. The van der Waals surface area contributed by atoms with Gasteiger partial charge >= 0.3 is 5.97 Å². The van der Waals surface area contributed by atoms with Crippen molar-refractivity contribution in [2.45, 2.75) is 12.3 Å². The average Bonchev–Trinajstić information content (AvgIpc) is 3.21. The van der Waals surface area contributed by atoms with Crippen molar-refractivity contribution in [3.05, 3.63) is 81.9 Å². The number of phenols is 1. The first-order chi connectivity index (χ1) is 14.5. The smallest absolute Gasteiger partial charge is 0.312 e. The first-order valence-electron chi connectivity index (χ1n) is 9.27. The molecule has 2 heterocycles. The summed E-state index contributed by atoms with van der Waals surface area (Å²) in [4.78, 5) is 25.2. The van der Waals surface area contributed by atoms with Crippen molar-refractivity contribution in [1.29, 1.82) is 0 Å². The number of ketones is 1. The van der Waals surface area contributed by atoms with E-state index in [1.165, 1.54) is 12.1 Å². The third-order valence-electron chi connectivity index (χ3n) is 5.27. The van der Waals surface area contributed by atoms with Gasteiger partial charge in [0.1, 0.15) is 11.5 Å². The van der Waals surface area contributed by atoms with Gasteiger partial charge in [0.25, 0.3) is 0 Å². The number of hydrogen-bond donors (Lipinski definition) is 1. The molecule has 30 heavy (non-hydrogen) atoms. The second-order valence-electron chi connectivity index (χ2n) is 7.05. The summed E-state index contributed by atoms with van der Waals surface area (Å²) >= 11 is 5.90. The topological polar surface area (TPSA) is 82.1 Å². The monoisotopic (exact) mass is 422 g/mol. The predicted octanol–water partition coefficient (Wildman–Crippen LogP) is 4.45. The van der Waals surface area contributed by atoms with Crippen LogP contribution in [-0.2, 0) is 4.79 Å². The van der Waals surface area contributed by atoms with Gasteiger partial charge in [-0.3, -0.25) is 9.59 Å². The van der Waals surface area contributed by atoms with Gasteiger partial charge in [0.2, 0.25) is 6.79 Å². The zero-order valence-corrected chi connectivity index (χ0v) is 16.3. The number of rotatable bonds is 3. The molecule has 150 valence electrons. The van der Waals surface area contributed by atoms with Gasteiger partial charge in [-0.15, -0.1) is 0 Å². The van der Waals surface area contributed by atoms with Crippen molar-refractivity contribution in [3.63, 3.8) is 0 Å². The summed E-state index contributed by atoms with van der Waals surface area (Å²) in [6.07, 6.45) is 0.0266. The van der Waals surface area contributed by atoms with Crippen LogP contribution in [0.3, 0.4) is 0 Å². The fourth-order valence-electron chi connectivity index (χ4n) is 3.80. The molecular formula is C23H15ClO6. The third-order valence-corrected chi connectivity index (χ3v) is 5.52. The Morgan fingerprint density at radius 3 is 2.50 bits per heavy atom. The number of phenolic OH excluding ortho intramolecular Hbond substituents is 1. The van der Waals surface area contributed by atoms with Crippen LogP contribution in [0, 0.1) is 0 Å². The molecule has 0 amide bonds. The van der Waals surface area contributed by atoms with E-state index in [1.54, 1.807) is 36.4 Å². The Kier molecular flexibility index (Phi) is 4.37. The molecule has 1 atom stereocenters. The zero-order chi connectivity index (χ0) is 20.8. The highest BCUT2D eigenvalue weighted by Gasteiger charge is 2.34. The van der Waals surface area contributed by atoms with E-state index in [0.29, 0.717) is 27.6 Å². The molecule has 0 fully saturated rings. The fraction of sp³-hybridized carbons (Fsp3) is 0.130. The Morgan fingerprint density at radius 1 is 0.967 bits per heavy atom. The molecule has 2 aliphatic rings. The summed E-state index contributed by atoms with van der Waals surface area (Å²) in [5.74, 6) is -0.0424. The van der Waals surface area contributed by atoms with Crippen molar-refractivity contribution >= 4 is 23.4 Å². The molecule has 2 aliphatic heterocycles. The van der Waals surface area contributed by atoms with E-state index in [9.17, 15) is 14.7 Å². The Bertz CT molecular complexity index is 1190. The normalized spacial score (nSPS) is 16.7. The van der Waals surface area contributed by atoms with E-state index in [4.69, 9.17) is 25.8 Å². The molecule has 1 N–H and O–H groups in total. The van der Waals surface area contributed by atoms with Gasteiger partial charge in [0, 0.05) is 22.1 Å². The van der Waals surface area contributed by atoms with Crippen LogP contribution in [-0.4, -0.2) is 23.7 Å². The molecule has 5 rings (SSSR count). The van der Waals surface area contributed by atoms with E-state index >= 15 is 0 Å². The lowest BCUT2D eigenvalue weighted by Gasteiger charge is -2.26. The number of carbonyl (C=O) groups is 2. The second kappa shape index (κ2) is 7.07. The maximum atomic E-state index is 13.0. The lowest BCUT2D eigenvalue weighted by Crippen LogP contribution is -2.22. The lowest BCUT2D eigenvalue weighted by molar-refractivity contribution is -0.135. The van der Waals surface area contributed by atoms with Crippen LogP contribution in [0.1, 0.15) is 39.4 Å². The minimum Gasteiger partial charge on any atom is -0.507 e. The van der Waals surface area contributed by atoms with Gasteiger partial charge in [-0.25, -0.2) is 0 Å². The Labute approximate surface area is 176 Å². The summed E-state index contributed by atoms with van der Waals surface area (Å²) in [6.45, 7) is 0.132. The van der Waals surface area contributed by atoms with Gasteiger partial charge in [-0.05, 0) is 54.1 Å². The number of halogens is 1. The van der Waals surface area contributed by atoms with Gasteiger partial charge in [0.05, 0.1) is 12.0 Å². The van der Waals surface area contributed by atoms with Crippen molar-refractivity contribution in [2.24, 2.45) is 0 Å². The molecule has 3 aromatic rings. The van der Waals surface area contributed by atoms with Crippen LogP contribution in [0.15, 0.2) is 54.6 Å². The highest BCUT2D eigenvalue weighted by Crippen LogP contribution is 2.47. The summed E-state index contributed by atoms with van der Waals surface area (Å²) < 4.78 is 16.1.